The highest BCUT2D eigenvalue weighted by molar-refractivity contribution is 7.99. The van der Waals surface area contributed by atoms with E-state index in [1.54, 1.807) is 11.4 Å². The Morgan fingerprint density at radius 3 is 2.68 bits per heavy atom. The highest BCUT2D eigenvalue weighted by Gasteiger charge is 2.34. The van der Waals surface area contributed by atoms with Gasteiger partial charge in [0.15, 0.2) is 5.96 Å². The molecule has 2 aliphatic carbocycles. The summed E-state index contributed by atoms with van der Waals surface area (Å²) in [6.07, 6.45) is 7.93. The summed E-state index contributed by atoms with van der Waals surface area (Å²) >= 11 is 1.82. The van der Waals surface area contributed by atoms with E-state index in [4.69, 9.17) is 0 Å². The maximum atomic E-state index is 12.4. The molecule has 3 fully saturated rings. The van der Waals surface area contributed by atoms with Gasteiger partial charge in [-0.2, -0.15) is 11.8 Å². The average Bonchev–Trinajstić information content (AvgIpc) is 3.09. The molecule has 0 bridgehead atoms. The van der Waals surface area contributed by atoms with Crippen LogP contribution in [0.2, 0.25) is 0 Å². The summed E-state index contributed by atoms with van der Waals surface area (Å²) in [5.74, 6) is 4.50. The van der Waals surface area contributed by atoms with Gasteiger partial charge in [-0.25, -0.2) is 12.7 Å². The highest BCUT2D eigenvalue weighted by atomic mass is 32.2. The Bertz CT molecular complexity index is 561. The molecule has 0 radical (unpaired) electrons. The summed E-state index contributed by atoms with van der Waals surface area (Å²) in [5, 5.41) is 6.71. The van der Waals surface area contributed by atoms with Crippen LogP contribution in [-0.2, 0) is 10.0 Å². The fourth-order valence-corrected chi connectivity index (χ4v) is 6.97. The molecule has 2 N–H and O–H groups in total. The van der Waals surface area contributed by atoms with Gasteiger partial charge in [0.05, 0.1) is 5.75 Å². The molecule has 8 heteroatoms. The number of thioether (sulfide) groups is 1. The number of guanidine groups is 1. The van der Waals surface area contributed by atoms with Crippen LogP contribution in [0.3, 0.4) is 0 Å². The summed E-state index contributed by atoms with van der Waals surface area (Å²) < 4.78 is 26.4. The Hall–Kier alpha value is -0.470. The number of hydrogen-bond donors (Lipinski definition) is 2. The van der Waals surface area contributed by atoms with Crippen molar-refractivity contribution < 1.29 is 8.42 Å². The molecule has 0 aromatic heterocycles. The van der Waals surface area contributed by atoms with E-state index in [1.165, 1.54) is 38.5 Å². The number of fused-ring (bicyclic) bond motifs is 1. The van der Waals surface area contributed by atoms with Crippen molar-refractivity contribution in [3.63, 3.8) is 0 Å². The number of sulfonamides is 1. The molecule has 0 aromatic rings. The molecule has 3 unspecified atom stereocenters. The van der Waals surface area contributed by atoms with Gasteiger partial charge in [0.25, 0.3) is 0 Å². The molecule has 2 saturated carbocycles. The zero-order valence-electron chi connectivity index (χ0n) is 15.2. The van der Waals surface area contributed by atoms with E-state index in [-0.39, 0.29) is 5.75 Å². The van der Waals surface area contributed by atoms with Crippen LogP contribution >= 0.6 is 11.8 Å². The second kappa shape index (κ2) is 8.95. The molecule has 0 spiro atoms. The Balaban J connectivity index is 1.42. The predicted molar refractivity (Wildman–Crippen MR) is 106 cm³/mol. The number of rotatable bonds is 5. The fourth-order valence-electron chi connectivity index (χ4n) is 4.47. The normalized spacial score (nSPS) is 31.6. The number of nitrogens with zero attached hydrogens (tertiary/aromatic N) is 2. The van der Waals surface area contributed by atoms with E-state index in [2.05, 4.69) is 15.6 Å². The van der Waals surface area contributed by atoms with E-state index in [0.29, 0.717) is 25.7 Å². The van der Waals surface area contributed by atoms with E-state index in [1.807, 2.05) is 11.8 Å². The summed E-state index contributed by atoms with van der Waals surface area (Å²) in [7, 11) is -1.40. The molecule has 3 atom stereocenters. The maximum absolute atomic E-state index is 12.4. The van der Waals surface area contributed by atoms with Crippen molar-refractivity contribution in [3.05, 3.63) is 0 Å². The zero-order valence-corrected chi connectivity index (χ0v) is 16.9. The van der Waals surface area contributed by atoms with Crippen LogP contribution in [0.4, 0.5) is 0 Å². The quantitative estimate of drug-likeness (QED) is 0.551. The van der Waals surface area contributed by atoms with Gasteiger partial charge in [0.1, 0.15) is 0 Å². The molecule has 144 valence electrons. The third kappa shape index (κ3) is 5.26. The van der Waals surface area contributed by atoms with Crippen molar-refractivity contribution in [2.45, 2.75) is 44.6 Å². The summed E-state index contributed by atoms with van der Waals surface area (Å²) in [6.45, 7) is 1.69. The summed E-state index contributed by atoms with van der Waals surface area (Å²) in [5.41, 5.74) is 0. The molecular formula is C17H32N4O2S2. The minimum absolute atomic E-state index is 0.133. The molecule has 6 nitrogen and oxygen atoms in total. The molecule has 0 aromatic carbocycles. The van der Waals surface area contributed by atoms with Crippen LogP contribution in [0.1, 0.15) is 38.5 Å². The first kappa shape index (κ1) is 19.3. The number of hydrogen-bond acceptors (Lipinski definition) is 4. The van der Waals surface area contributed by atoms with Crippen LogP contribution in [0.25, 0.3) is 0 Å². The van der Waals surface area contributed by atoms with E-state index < -0.39 is 10.0 Å². The highest BCUT2D eigenvalue weighted by Crippen LogP contribution is 2.41. The monoisotopic (exact) mass is 388 g/mol. The molecule has 1 saturated heterocycles. The number of aliphatic imine (C=N–C) groups is 1. The SMILES string of the molecule is CN=C(NCCS(=O)(=O)N1CCSCC1)NC1CCC2CCCC2C1. The van der Waals surface area contributed by atoms with Crippen molar-refractivity contribution >= 4 is 27.7 Å². The zero-order chi connectivity index (χ0) is 17.7. The average molecular weight is 389 g/mol. The van der Waals surface area contributed by atoms with E-state index in [0.717, 1.165) is 29.3 Å². The molecule has 25 heavy (non-hydrogen) atoms. The van der Waals surface area contributed by atoms with Gasteiger partial charge in [0.2, 0.25) is 10.0 Å². The second-order valence-electron chi connectivity index (χ2n) is 7.43. The van der Waals surface area contributed by atoms with Crippen molar-refractivity contribution in [1.82, 2.24) is 14.9 Å². The largest absolute Gasteiger partial charge is 0.355 e. The molecule has 1 heterocycles. The van der Waals surface area contributed by atoms with Gasteiger partial charge < -0.3 is 10.6 Å². The topological polar surface area (TPSA) is 73.8 Å². The molecule has 3 rings (SSSR count). The van der Waals surface area contributed by atoms with Crippen molar-refractivity contribution in [2.75, 3.05) is 43.9 Å². The lowest BCUT2D eigenvalue weighted by Crippen LogP contribution is -2.48. The third-order valence-corrected chi connectivity index (χ3v) is 8.68. The van der Waals surface area contributed by atoms with Gasteiger partial charge in [0, 0.05) is 44.2 Å². The minimum atomic E-state index is -3.16. The molecular weight excluding hydrogens is 356 g/mol. The fraction of sp³-hybridized carbons (Fsp3) is 0.941. The minimum Gasteiger partial charge on any atom is -0.355 e. The van der Waals surface area contributed by atoms with Gasteiger partial charge in [-0.3, -0.25) is 4.99 Å². The first-order valence-corrected chi connectivity index (χ1v) is 12.4. The van der Waals surface area contributed by atoms with Gasteiger partial charge in [-0.05, 0) is 31.1 Å². The summed E-state index contributed by atoms with van der Waals surface area (Å²) in [4.78, 5) is 4.28. The Morgan fingerprint density at radius 1 is 1.16 bits per heavy atom. The van der Waals surface area contributed by atoms with Gasteiger partial charge in [-0.15, -0.1) is 0 Å². The molecule has 0 amide bonds. The van der Waals surface area contributed by atoms with Crippen molar-refractivity contribution in [2.24, 2.45) is 16.8 Å². The lowest BCUT2D eigenvalue weighted by Gasteiger charge is -2.33. The van der Waals surface area contributed by atoms with Crippen molar-refractivity contribution in [1.29, 1.82) is 0 Å². The standard InChI is InChI=1S/C17H32N4O2S2/c1-18-17(20-16-6-5-14-3-2-4-15(14)13-16)19-7-12-25(22,23)21-8-10-24-11-9-21/h14-16H,2-13H2,1H3,(H2,18,19,20). The predicted octanol–water partition coefficient (Wildman–Crippen LogP) is 1.50. The van der Waals surface area contributed by atoms with Crippen LogP contribution in [-0.4, -0.2) is 68.7 Å². The van der Waals surface area contributed by atoms with Crippen LogP contribution in [0, 0.1) is 11.8 Å². The first-order valence-electron chi connectivity index (χ1n) is 9.61. The van der Waals surface area contributed by atoms with E-state index >= 15 is 0 Å². The lowest BCUT2D eigenvalue weighted by atomic mass is 9.79. The Morgan fingerprint density at radius 2 is 1.92 bits per heavy atom. The van der Waals surface area contributed by atoms with E-state index in [9.17, 15) is 8.42 Å². The summed E-state index contributed by atoms with van der Waals surface area (Å²) in [6, 6.07) is 0.473. The Kier molecular flexibility index (Phi) is 6.91. The molecule has 3 aliphatic rings. The van der Waals surface area contributed by atoms with Crippen molar-refractivity contribution in [3.8, 4) is 0 Å². The number of nitrogens with one attached hydrogen (secondary N) is 2. The van der Waals surface area contributed by atoms with Crippen LogP contribution < -0.4 is 10.6 Å². The van der Waals surface area contributed by atoms with Crippen LogP contribution in [0.5, 0.6) is 0 Å². The lowest BCUT2D eigenvalue weighted by molar-refractivity contribution is 0.239. The van der Waals surface area contributed by atoms with Gasteiger partial charge in [-0.1, -0.05) is 19.3 Å². The molecule has 1 aliphatic heterocycles. The Labute approximate surface area is 156 Å². The first-order chi connectivity index (χ1) is 12.1. The van der Waals surface area contributed by atoms with Crippen LogP contribution in [0.15, 0.2) is 4.99 Å². The van der Waals surface area contributed by atoms with Gasteiger partial charge >= 0.3 is 0 Å². The maximum Gasteiger partial charge on any atom is 0.215 e. The second-order valence-corrected chi connectivity index (χ2v) is 10.7. The smallest absolute Gasteiger partial charge is 0.215 e. The third-order valence-electron chi connectivity index (χ3n) is 5.87.